The quantitative estimate of drug-likeness (QED) is 0.329. The van der Waals surface area contributed by atoms with E-state index in [1.165, 1.54) is 70.6 Å². The summed E-state index contributed by atoms with van der Waals surface area (Å²) in [6.07, 6.45) is 14.5. The lowest BCUT2D eigenvalue weighted by molar-refractivity contribution is 0.242. The maximum Gasteiger partial charge on any atom is 0.0922 e. The van der Waals surface area contributed by atoms with Gasteiger partial charge in [-0.1, -0.05) is 91.4 Å². The zero-order chi connectivity index (χ0) is 13.6. The highest BCUT2D eigenvalue weighted by Gasteiger charge is 2.16. The van der Waals surface area contributed by atoms with Gasteiger partial charge in [-0.3, -0.25) is 4.39 Å². The SMILES string of the molecule is CCCCCCCC(CCCCCC)[C@@H](C)CF. The molecule has 0 nitrogen and oxygen atoms in total. The molecule has 0 saturated heterocycles. The van der Waals surface area contributed by atoms with Gasteiger partial charge in [-0.25, -0.2) is 0 Å². The highest BCUT2D eigenvalue weighted by molar-refractivity contribution is 4.67. The molecule has 1 unspecified atom stereocenters. The second-order valence-corrected chi connectivity index (χ2v) is 5.94. The third-order valence-corrected chi connectivity index (χ3v) is 4.16. The van der Waals surface area contributed by atoms with Crippen LogP contribution < -0.4 is 0 Å². The Morgan fingerprint density at radius 3 is 1.61 bits per heavy atom. The van der Waals surface area contributed by atoms with Crippen LogP contribution in [0.25, 0.3) is 0 Å². The molecule has 18 heavy (non-hydrogen) atoms. The van der Waals surface area contributed by atoms with Gasteiger partial charge in [-0.15, -0.1) is 0 Å². The van der Waals surface area contributed by atoms with Crippen molar-refractivity contribution in [3.05, 3.63) is 0 Å². The molecule has 0 aliphatic carbocycles. The van der Waals surface area contributed by atoms with Gasteiger partial charge >= 0.3 is 0 Å². The van der Waals surface area contributed by atoms with Crippen molar-refractivity contribution in [2.24, 2.45) is 11.8 Å². The predicted molar refractivity (Wildman–Crippen MR) is 80.8 cm³/mol. The fourth-order valence-corrected chi connectivity index (χ4v) is 2.68. The van der Waals surface area contributed by atoms with Crippen LogP contribution in [0.3, 0.4) is 0 Å². The summed E-state index contributed by atoms with van der Waals surface area (Å²) >= 11 is 0. The van der Waals surface area contributed by atoms with Crippen LogP contribution in [0.5, 0.6) is 0 Å². The first-order valence-corrected chi connectivity index (χ1v) is 8.32. The maximum atomic E-state index is 12.8. The van der Waals surface area contributed by atoms with Gasteiger partial charge in [0.1, 0.15) is 0 Å². The summed E-state index contributed by atoms with van der Waals surface area (Å²) in [4.78, 5) is 0. The molecule has 1 heteroatoms. The summed E-state index contributed by atoms with van der Waals surface area (Å²) in [5.41, 5.74) is 0. The molecule has 0 rings (SSSR count). The van der Waals surface area contributed by atoms with Gasteiger partial charge in [0, 0.05) is 0 Å². The van der Waals surface area contributed by atoms with E-state index in [0.717, 1.165) is 0 Å². The maximum absolute atomic E-state index is 12.8. The Morgan fingerprint density at radius 2 is 1.17 bits per heavy atom. The van der Waals surface area contributed by atoms with E-state index in [1.807, 2.05) is 0 Å². The molecule has 0 fully saturated rings. The lowest BCUT2D eigenvalue weighted by Crippen LogP contribution is -2.14. The van der Waals surface area contributed by atoms with Gasteiger partial charge < -0.3 is 0 Å². The average molecular weight is 258 g/mol. The van der Waals surface area contributed by atoms with Crippen LogP contribution in [-0.4, -0.2) is 6.67 Å². The molecule has 0 bridgehead atoms. The van der Waals surface area contributed by atoms with Crippen molar-refractivity contribution in [1.29, 1.82) is 0 Å². The largest absolute Gasteiger partial charge is 0.251 e. The van der Waals surface area contributed by atoms with E-state index < -0.39 is 0 Å². The number of rotatable bonds is 13. The van der Waals surface area contributed by atoms with E-state index in [-0.39, 0.29) is 12.6 Å². The summed E-state index contributed by atoms with van der Waals surface area (Å²) in [7, 11) is 0. The molecule has 0 aromatic carbocycles. The van der Waals surface area contributed by atoms with E-state index in [1.54, 1.807) is 0 Å². The van der Waals surface area contributed by atoms with E-state index >= 15 is 0 Å². The first-order chi connectivity index (χ1) is 8.76. The number of alkyl halides is 1. The molecule has 0 aliphatic heterocycles. The number of hydrogen-bond acceptors (Lipinski definition) is 0. The van der Waals surface area contributed by atoms with Crippen LogP contribution in [-0.2, 0) is 0 Å². The van der Waals surface area contributed by atoms with Crippen LogP contribution in [0.4, 0.5) is 4.39 Å². The Kier molecular flexibility index (Phi) is 13.3. The standard InChI is InChI=1S/C17H35F/c1-4-6-8-10-12-14-17(16(3)15-18)13-11-9-7-5-2/h16-17H,4-15H2,1-3H3/t16-,17?/m0/s1. The van der Waals surface area contributed by atoms with Gasteiger partial charge in [0.05, 0.1) is 6.67 Å². The first kappa shape index (κ1) is 17.9. The minimum Gasteiger partial charge on any atom is -0.251 e. The van der Waals surface area contributed by atoms with Crippen LogP contribution in [0.2, 0.25) is 0 Å². The summed E-state index contributed by atoms with van der Waals surface area (Å²) in [5, 5.41) is 0. The molecule has 0 amide bonds. The van der Waals surface area contributed by atoms with Crippen molar-refractivity contribution in [2.75, 3.05) is 6.67 Å². The Hall–Kier alpha value is -0.0700. The second-order valence-electron chi connectivity index (χ2n) is 5.94. The summed E-state index contributed by atoms with van der Waals surface area (Å²) in [5.74, 6) is 0.909. The Bertz CT molecular complexity index is 156. The molecule has 0 aliphatic rings. The molecule has 110 valence electrons. The molecule has 0 saturated carbocycles. The summed E-state index contributed by atoms with van der Waals surface area (Å²) < 4.78 is 12.8. The fraction of sp³-hybridized carbons (Fsp3) is 1.00. The molecule has 0 aromatic heterocycles. The fourth-order valence-electron chi connectivity index (χ4n) is 2.68. The lowest BCUT2D eigenvalue weighted by Gasteiger charge is -2.21. The van der Waals surface area contributed by atoms with Crippen molar-refractivity contribution in [3.63, 3.8) is 0 Å². The molecule has 0 radical (unpaired) electrons. The van der Waals surface area contributed by atoms with Gasteiger partial charge in [-0.05, 0) is 11.8 Å². The molecule has 0 heterocycles. The van der Waals surface area contributed by atoms with Gasteiger partial charge in [-0.2, -0.15) is 0 Å². The van der Waals surface area contributed by atoms with Crippen molar-refractivity contribution >= 4 is 0 Å². The Morgan fingerprint density at radius 1 is 0.722 bits per heavy atom. The van der Waals surface area contributed by atoms with Crippen molar-refractivity contribution in [1.82, 2.24) is 0 Å². The highest BCUT2D eigenvalue weighted by atomic mass is 19.1. The lowest BCUT2D eigenvalue weighted by atomic mass is 9.85. The molecule has 0 spiro atoms. The first-order valence-electron chi connectivity index (χ1n) is 8.32. The van der Waals surface area contributed by atoms with Crippen molar-refractivity contribution < 1.29 is 4.39 Å². The topological polar surface area (TPSA) is 0 Å². The average Bonchev–Trinajstić information content (AvgIpc) is 2.40. The van der Waals surface area contributed by atoms with Gasteiger partial charge in [0.15, 0.2) is 0 Å². The number of unbranched alkanes of at least 4 members (excludes halogenated alkanes) is 7. The van der Waals surface area contributed by atoms with Gasteiger partial charge in [0.2, 0.25) is 0 Å². The molecular formula is C17H35F. The number of hydrogen-bond donors (Lipinski definition) is 0. The van der Waals surface area contributed by atoms with Crippen molar-refractivity contribution in [2.45, 2.75) is 91.4 Å². The Labute approximate surface area is 115 Å². The van der Waals surface area contributed by atoms with Crippen LogP contribution in [0.15, 0.2) is 0 Å². The zero-order valence-corrected chi connectivity index (χ0v) is 13.0. The monoisotopic (exact) mass is 258 g/mol. The summed E-state index contributed by atoms with van der Waals surface area (Å²) in [6.45, 7) is 6.46. The highest BCUT2D eigenvalue weighted by Crippen LogP contribution is 2.26. The predicted octanol–water partition coefficient (Wildman–Crippen LogP) is 6.54. The van der Waals surface area contributed by atoms with Crippen molar-refractivity contribution in [3.8, 4) is 0 Å². The second kappa shape index (κ2) is 13.4. The Balaban J connectivity index is 3.70. The normalized spacial score (nSPS) is 14.7. The van der Waals surface area contributed by atoms with Crippen LogP contribution >= 0.6 is 0 Å². The summed E-state index contributed by atoms with van der Waals surface area (Å²) in [6, 6.07) is 0. The zero-order valence-electron chi connectivity index (χ0n) is 13.0. The van der Waals surface area contributed by atoms with Crippen LogP contribution in [0.1, 0.15) is 91.4 Å². The molecule has 2 atom stereocenters. The van der Waals surface area contributed by atoms with E-state index in [4.69, 9.17) is 0 Å². The van der Waals surface area contributed by atoms with E-state index in [0.29, 0.717) is 5.92 Å². The number of halogens is 1. The molecule has 0 aromatic rings. The van der Waals surface area contributed by atoms with Crippen LogP contribution in [0, 0.1) is 11.8 Å². The van der Waals surface area contributed by atoms with E-state index in [2.05, 4.69) is 20.8 Å². The molecular weight excluding hydrogens is 223 g/mol. The molecule has 0 N–H and O–H groups in total. The minimum absolute atomic E-state index is 0.132. The minimum atomic E-state index is -0.132. The van der Waals surface area contributed by atoms with Gasteiger partial charge in [0.25, 0.3) is 0 Å². The third-order valence-electron chi connectivity index (χ3n) is 4.16. The smallest absolute Gasteiger partial charge is 0.0922 e. The third kappa shape index (κ3) is 9.91. The van der Waals surface area contributed by atoms with E-state index in [9.17, 15) is 4.39 Å².